The molecule has 1 amide bonds. The number of amides is 1. The fourth-order valence-corrected chi connectivity index (χ4v) is 3.81. The van der Waals surface area contributed by atoms with E-state index in [9.17, 15) is 19.1 Å². The number of benzene rings is 2. The molecule has 6 nitrogen and oxygen atoms in total. The van der Waals surface area contributed by atoms with Crippen LogP contribution in [0.15, 0.2) is 78.6 Å². The molecule has 1 atom stereocenters. The number of rotatable bonds is 7. The van der Waals surface area contributed by atoms with E-state index < -0.39 is 23.5 Å². The van der Waals surface area contributed by atoms with Crippen LogP contribution in [-0.2, 0) is 16.1 Å². The minimum Gasteiger partial charge on any atom is -0.507 e. The molecule has 0 unspecified atom stereocenters. The Morgan fingerprint density at radius 2 is 1.82 bits per heavy atom. The number of halogens is 1. The minimum absolute atomic E-state index is 0.0438. The van der Waals surface area contributed by atoms with Gasteiger partial charge in [0.2, 0.25) is 0 Å². The van der Waals surface area contributed by atoms with Gasteiger partial charge in [-0.1, -0.05) is 25.1 Å². The fourth-order valence-electron chi connectivity index (χ4n) is 3.81. The monoisotopic (exact) mass is 446 g/mol. The smallest absolute Gasteiger partial charge is 0.295 e. The van der Waals surface area contributed by atoms with E-state index in [0.717, 1.165) is 12.0 Å². The highest BCUT2D eigenvalue weighted by Crippen LogP contribution is 2.40. The van der Waals surface area contributed by atoms with Gasteiger partial charge in [-0.3, -0.25) is 14.6 Å². The van der Waals surface area contributed by atoms with Gasteiger partial charge in [-0.25, -0.2) is 4.39 Å². The Balaban J connectivity index is 1.78. The summed E-state index contributed by atoms with van der Waals surface area (Å²) in [6.07, 6.45) is 4.08. The minimum atomic E-state index is -0.873. The zero-order valence-corrected chi connectivity index (χ0v) is 18.1. The zero-order valence-electron chi connectivity index (χ0n) is 18.1. The second-order valence-electron chi connectivity index (χ2n) is 7.71. The highest BCUT2D eigenvalue weighted by atomic mass is 19.1. The first kappa shape index (κ1) is 22.2. The van der Waals surface area contributed by atoms with E-state index in [-0.39, 0.29) is 17.9 Å². The SMILES string of the molecule is CCCOc1ccc(C(O)=C2C(=O)C(=O)N(Cc3cccnc3)[C@@H]2c2ccc(F)cc2)cc1. The predicted octanol–water partition coefficient (Wildman–Crippen LogP) is 4.63. The van der Waals surface area contributed by atoms with Crippen molar-refractivity contribution in [2.45, 2.75) is 25.9 Å². The van der Waals surface area contributed by atoms with Crippen molar-refractivity contribution in [1.29, 1.82) is 0 Å². The van der Waals surface area contributed by atoms with Crippen LogP contribution in [-0.4, -0.2) is 33.3 Å². The van der Waals surface area contributed by atoms with Crippen LogP contribution in [0.3, 0.4) is 0 Å². The number of aliphatic hydroxyl groups is 1. The summed E-state index contributed by atoms with van der Waals surface area (Å²) in [7, 11) is 0. The van der Waals surface area contributed by atoms with Crippen LogP contribution in [0.1, 0.15) is 36.1 Å². The van der Waals surface area contributed by atoms with Crippen molar-refractivity contribution in [3.63, 3.8) is 0 Å². The van der Waals surface area contributed by atoms with Crippen LogP contribution in [0.25, 0.3) is 5.76 Å². The van der Waals surface area contributed by atoms with Crippen molar-refractivity contribution < 1.29 is 23.8 Å². The summed E-state index contributed by atoms with van der Waals surface area (Å²) in [5.41, 5.74) is 1.58. The maximum atomic E-state index is 13.6. The van der Waals surface area contributed by atoms with Gasteiger partial charge in [0.1, 0.15) is 17.3 Å². The summed E-state index contributed by atoms with van der Waals surface area (Å²) in [5.74, 6) is -1.63. The molecule has 1 saturated heterocycles. The normalized spacial score (nSPS) is 17.4. The number of pyridine rings is 1. The number of ketones is 1. The fraction of sp³-hybridized carbons (Fsp3) is 0.192. The molecule has 1 aromatic heterocycles. The van der Waals surface area contributed by atoms with Crippen molar-refractivity contribution in [2.24, 2.45) is 0 Å². The Morgan fingerprint density at radius 3 is 2.45 bits per heavy atom. The molecule has 2 heterocycles. The van der Waals surface area contributed by atoms with Gasteiger partial charge >= 0.3 is 0 Å². The lowest BCUT2D eigenvalue weighted by Crippen LogP contribution is -2.29. The molecule has 2 aromatic carbocycles. The van der Waals surface area contributed by atoms with E-state index >= 15 is 0 Å². The topological polar surface area (TPSA) is 79.7 Å². The molecule has 7 heteroatoms. The summed E-state index contributed by atoms with van der Waals surface area (Å²) in [6.45, 7) is 2.68. The van der Waals surface area contributed by atoms with Gasteiger partial charge in [0, 0.05) is 24.5 Å². The van der Waals surface area contributed by atoms with Crippen molar-refractivity contribution >= 4 is 17.4 Å². The van der Waals surface area contributed by atoms with E-state index in [1.54, 1.807) is 48.8 Å². The predicted molar refractivity (Wildman–Crippen MR) is 121 cm³/mol. The van der Waals surface area contributed by atoms with Gasteiger partial charge in [0.15, 0.2) is 0 Å². The maximum Gasteiger partial charge on any atom is 0.295 e. The second-order valence-corrected chi connectivity index (χ2v) is 7.71. The molecule has 1 N–H and O–H groups in total. The number of aliphatic hydroxyl groups excluding tert-OH is 1. The third-order valence-electron chi connectivity index (χ3n) is 5.40. The number of aromatic nitrogens is 1. The largest absolute Gasteiger partial charge is 0.507 e. The third-order valence-corrected chi connectivity index (χ3v) is 5.40. The highest BCUT2D eigenvalue weighted by molar-refractivity contribution is 6.46. The maximum absolute atomic E-state index is 13.6. The Labute approximate surface area is 191 Å². The molecule has 1 aliphatic heterocycles. The van der Waals surface area contributed by atoms with E-state index in [2.05, 4.69) is 4.98 Å². The Hall–Kier alpha value is -4.00. The van der Waals surface area contributed by atoms with Gasteiger partial charge < -0.3 is 14.7 Å². The van der Waals surface area contributed by atoms with E-state index in [0.29, 0.717) is 23.5 Å². The number of likely N-dealkylation sites (tertiary alicyclic amines) is 1. The third kappa shape index (κ3) is 4.62. The number of ether oxygens (including phenoxy) is 1. The Kier molecular flexibility index (Phi) is 6.49. The van der Waals surface area contributed by atoms with Crippen LogP contribution >= 0.6 is 0 Å². The lowest BCUT2D eigenvalue weighted by atomic mass is 9.95. The van der Waals surface area contributed by atoms with Gasteiger partial charge in [-0.2, -0.15) is 0 Å². The van der Waals surface area contributed by atoms with Gasteiger partial charge in [-0.15, -0.1) is 0 Å². The van der Waals surface area contributed by atoms with Gasteiger partial charge in [-0.05, 0) is 60.0 Å². The summed E-state index contributed by atoms with van der Waals surface area (Å²) in [4.78, 5) is 31.5. The first-order chi connectivity index (χ1) is 16.0. The summed E-state index contributed by atoms with van der Waals surface area (Å²) >= 11 is 0. The average Bonchev–Trinajstić information content (AvgIpc) is 3.08. The lowest BCUT2D eigenvalue weighted by molar-refractivity contribution is -0.140. The molecule has 168 valence electrons. The van der Waals surface area contributed by atoms with Crippen molar-refractivity contribution in [1.82, 2.24) is 9.88 Å². The number of nitrogens with zero attached hydrogens (tertiary/aromatic N) is 2. The van der Waals surface area contributed by atoms with E-state index in [4.69, 9.17) is 4.74 Å². The van der Waals surface area contributed by atoms with Crippen molar-refractivity contribution in [3.05, 3.63) is 101 Å². The van der Waals surface area contributed by atoms with Crippen LogP contribution in [0, 0.1) is 5.82 Å². The molecular weight excluding hydrogens is 423 g/mol. The zero-order chi connectivity index (χ0) is 23.4. The van der Waals surface area contributed by atoms with Crippen LogP contribution < -0.4 is 4.74 Å². The molecule has 1 fully saturated rings. The van der Waals surface area contributed by atoms with Crippen LogP contribution in [0.5, 0.6) is 5.75 Å². The van der Waals surface area contributed by atoms with Crippen molar-refractivity contribution in [2.75, 3.05) is 6.61 Å². The van der Waals surface area contributed by atoms with Crippen LogP contribution in [0.4, 0.5) is 4.39 Å². The van der Waals surface area contributed by atoms with Crippen molar-refractivity contribution in [3.8, 4) is 5.75 Å². The molecule has 0 radical (unpaired) electrons. The molecule has 0 saturated carbocycles. The first-order valence-corrected chi connectivity index (χ1v) is 10.7. The molecular formula is C26H23FN2O4. The number of hydrogen-bond acceptors (Lipinski definition) is 5. The standard InChI is InChI=1S/C26H23FN2O4/c1-2-14-33-21-11-7-19(8-12-21)24(30)22-23(18-5-9-20(27)10-6-18)29(26(32)25(22)31)16-17-4-3-13-28-15-17/h3-13,15,23,30H,2,14,16H2,1H3/t23-/m1/s1. The van der Waals surface area contributed by atoms with E-state index in [1.807, 2.05) is 6.92 Å². The lowest BCUT2D eigenvalue weighted by Gasteiger charge is -2.25. The molecule has 0 bridgehead atoms. The second kappa shape index (κ2) is 9.65. The van der Waals surface area contributed by atoms with Crippen LogP contribution in [0.2, 0.25) is 0 Å². The Morgan fingerprint density at radius 1 is 1.09 bits per heavy atom. The number of Topliss-reactive ketones (excluding diaryl/α,β-unsaturated/α-hetero) is 1. The molecule has 0 aliphatic carbocycles. The molecule has 1 aliphatic rings. The number of hydrogen-bond donors (Lipinski definition) is 1. The van der Waals surface area contributed by atoms with Gasteiger partial charge in [0.05, 0.1) is 18.2 Å². The quantitative estimate of drug-likeness (QED) is 0.325. The molecule has 33 heavy (non-hydrogen) atoms. The highest BCUT2D eigenvalue weighted by Gasteiger charge is 2.46. The summed E-state index contributed by atoms with van der Waals surface area (Å²) in [6, 6.07) is 14.9. The molecule has 0 spiro atoms. The summed E-state index contributed by atoms with van der Waals surface area (Å²) < 4.78 is 19.2. The average molecular weight is 446 g/mol. The number of carbonyl (C=O) groups excluding carboxylic acids is 2. The number of carbonyl (C=O) groups is 2. The summed E-state index contributed by atoms with van der Waals surface area (Å²) in [5, 5.41) is 11.1. The van der Waals surface area contributed by atoms with Gasteiger partial charge in [0.25, 0.3) is 11.7 Å². The first-order valence-electron chi connectivity index (χ1n) is 10.7. The van der Waals surface area contributed by atoms with E-state index in [1.165, 1.54) is 29.2 Å². The Bertz CT molecular complexity index is 1180. The molecule has 4 rings (SSSR count). The molecule has 3 aromatic rings.